The van der Waals surface area contributed by atoms with Gasteiger partial charge >= 0.3 is 0 Å². The zero-order valence-electron chi connectivity index (χ0n) is 18.4. The molecule has 3 aromatic rings. The van der Waals surface area contributed by atoms with E-state index in [9.17, 15) is 4.79 Å². The van der Waals surface area contributed by atoms with Crippen LogP contribution in [0.3, 0.4) is 0 Å². The highest BCUT2D eigenvalue weighted by Gasteiger charge is 2.28. The number of anilines is 1. The molecule has 0 saturated carbocycles. The Kier molecular flexibility index (Phi) is 5.89. The van der Waals surface area contributed by atoms with Crippen molar-refractivity contribution in [2.45, 2.75) is 19.4 Å². The van der Waals surface area contributed by atoms with Crippen LogP contribution in [0.5, 0.6) is 11.5 Å². The summed E-state index contributed by atoms with van der Waals surface area (Å²) in [5.41, 5.74) is 5.99. The minimum Gasteiger partial charge on any atom is -0.495 e. The molecule has 2 fully saturated rings. The molecule has 168 valence electrons. The maximum absolute atomic E-state index is 11.6. The second-order valence-electron chi connectivity index (χ2n) is 8.39. The number of nitrogens with one attached hydrogen (secondary N) is 2. The molecule has 2 atom stereocenters. The molecule has 1 aromatic heterocycles. The third-order valence-corrected chi connectivity index (χ3v) is 7.21. The number of carbonyl (C=O) groups is 1. The SMILES string of the molecule is COc1cc(-c2cc(OC(C)C3CNC(=O)C3)c3scnc3c2)ccc1N1CCNCC1. The van der Waals surface area contributed by atoms with Crippen LogP contribution in [0.25, 0.3) is 21.3 Å². The number of carbonyl (C=O) groups excluding carboxylic acids is 1. The number of nitrogens with zero attached hydrogens (tertiary/aromatic N) is 2. The van der Waals surface area contributed by atoms with E-state index >= 15 is 0 Å². The molecule has 0 aliphatic carbocycles. The minimum atomic E-state index is -0.0703. The molecule has 32 heavy (non-hydrogen) atoms. The number of aromatic nitrogens is 1. The van der Waals surface area contributed by atoms with Crippen LogP contribution < -0.4 is 25.0 Å². The molecule has 1 amide bonds. The van der Waals surface area contributed by atoms with Crippen molar-refractivity contribution in [3.05, 3.63) is 35.8 Å². The van der Waals surface area contributed by atoms with Gasteiger partial charge in [-0.05, 0) is 42.3 Å². The Hall–Kier alpha value is -2.84. The van der Waals surface area contributed by atoms with E-state index in [0.29, 0.717) is 13.0 Å². The number of hydrogen-bond acceptors (Lipinski definition) is 7. The molecule has 2 aromatic carbocycles. The largest absolute Gasteiger partial charge is 0.495 e. The van der Waals surface area contributed by atoms with Crippen molar-refractivity contribution in [1.82, 2.24) is 15.6 Å². The third-order valence-electron chi connectivity index (χ3n) is 6.35. The fourth-order valence-corrected chi connectivity index (χ4v) is 5.20. The summed E-state index contributed by atoms with van der Waals surface area (Å²) in [5, 5.41) is 6.29. The summed E-state index contributed by atoms with van der Waals surface area (Å²) in [6.07, 6.45) is 0.441. The van der Waals surface area contributed by atoms with Crippen LogP contribution in [0.4, 0.5) is 5.69 Å². The van der Waals surface area contributed by atoms with Crippen molar-refractivity contribution < 1.29 is 14.3 Å². The van der Waals surface area contributed by atoms with Crippen molar-refractivity contribution in [3.8, 4) is 22.6 Å². The highest BCUT2D eigenvalue weighted by Crippen LogP contribution is 2.39. The van der Waals surface area contributed by atoms with Gasteiger partial charge in [-0.15, -0.1) is 11.3 Å². The van der Waals surface area contributed by atoms with E-state index in [-0.39, 0.29) is 17.9 Å². The van der Waals surface area contributed by atoms with Crippen LogP contribution in [-0.4, -0.2) is 56.8 Å². The van der Waals surface area contributed by atoms with Gasteiger partial charge in [0.25, 0.3) is 0 Å². The zero-order valence-corrected chi connectivity index (χ0v) is 19.2. The number of hydrogen-bond donors (Lipinski definition) is 2. The van der Waals surface area contributed by atoms with Gasteiger partial charge in [0.15, 0.2) is 0 Å². The predicted octanol–water partition coefficient (Wildman–Crippen LogP) is 3.28. The topological polar surface area (TPSA) is 75.7 Å². The first-order chi connectivity index (χ1) is 15.6. The van der Waals surface area contributed by atoms with Crippen LogP contribution in [0.1, 0.15) is 13.3 Å². The molecule has 2 aliphatic heterocycles. The van der Waals surface area contributed by atoms with E-state index < -0.39 is 0 Å². The molecular formula is C24H28N4O3S. The lowest BCUT2D eigenvalue weighted by molar-refractivity contribution is -0.119. The number of benzene rings is 2. The van der Waals surface area contributed by atoms with Crippen LogP contribution in [0.2, 0.25) is 0 Å². The Bertz CT molecular complexity index is 1130. The summed E-state index contributed by atoms with van der Waals surface area (Å²) in [5.74, 6) is 1.96. The van der Waals surface area contributed by atoms with Crippen molar-refractivity contribution >= 4 is 33.1 Å². The molecule has 0 spiro atoms. The standard InChI is InChI=1S/C24H28N4O3S/c1-15(18-12-23(29)26-13-18)31-22-11-17(9-19-24(22)32-14-27-19)16-3-4-20(21(10-16)30-2)28-7-5-25-6-8-28/h3-4,9-11,14-15,18,25H,5-8,12-13H2,1-2H3,(H,26,29). The van der Waals surface area contributed by atoms with E-state index in [2.05, 4.69) is 50.8 Å². The van der Waals surface area contributed by atoms with Gasteiger partial charge in [0.1, 0.15) is 17.6 Å². The summed E-state index contributed by atoms with van der Waals surface area (Å²) < 4.78 is 13.2. The Labute approximate surface area is 191 Å². The number of amides is 1. The zero-order chi connectivity index (χ0) is 22.1. The number of fused-ring (bicyclic) bond motifs is 1. The van der Waals surface area contributed by atoms with Crippen LogP contribution in [0, 0.1) is 5.92 Å². The predicted molar refractivity (Wildman–Crippen MR) is 128 cm³/mol. The molecule has 0 radical (unpaired) electrons. The smallest absolute Gasteiger partial charge is 0.220 e. The molecule has 2 saturated heterocycles. The van der Waals surface area contributed by atoms with E-state index in [1.807, 2.05) is 12.4 Å². The van der Waals surface area contributed by atoms with Crippen LogP contribution in [0.15, 0.2) is 35.8 Å². The maximum atomic E-state index is 11.6. The Morgan fingerprint density at radius 1 is 1.16 bits per heavy atom. The first-order valence-electron chi connectivity index (χ1n) is 11.1. The molecule has 3 heterocycles. The van der Waals surface area contributed by atoms with E-state index in [1.54, 1.807) is 18.4 Å². The number of rotatable bonds is 6. The van der Waals surface area contributed by atoms with Gasteiger partial charge in [0.05, 0.1) is 28.5 Å². The lowest BCUT2D eigenvalue weighted by Crippen LogP contribution is -2.43. The average molecular weight is 453 g/mol. The van der Waals surface area contributed by atoms with Gasteiger partial charge < -0.3 is 25.0 Å². The van der Waals surface area contributed by atoms with E-state index in [0.717, 1.165) is 64.7 Å². The lowest BCUT2D eigenvalue weighted by Gasteiger charge is -2.30. The number of thiazole rings is 1. The van der Waals surface area contributed by atoms with Gasteiger partial charge in [-0.3, -0.25) is 4.79 Å². The summed E-state index contributed by atoms with van der Waals surface area (Å²) in [6.45, 7) is 6.59. The molecule has 0 bridgehead atoms. The Morgan fingerprint density at radius 3 is 2.72 bits per heavy atom. The lowest BCUT2D eigenvalue weighted by atomic mass is 10.0. The molecule has 2 aliphatic rings. The normalized spacial score (nSPS) is 19.8. The van der Waals surface area contributed by atoms with Gasteiger partial charge in [-0.1, -0.05) is 6.07 Å². The molecule has 8 heteroatoms. The summed E-state index contributed by atoms with van der Waals surface area (Å²) in [6, 6.07) is 10.6. The third kappa shape index (κ3) is 4.12. The van der Waals surface area contributed by atoms with Gasteiger partial charge in [0.2, 0.25) is 5.91 Å². The van der Waals surface area contributed by atoms with Crippen molar-refractivity contribution in [1.29, 1.82) is 0 Å². The highest BCUT2D eigenvalue weighted by molar-refractivity contribution is 7.17. The quantitative estimate of drug-likeness (QED) is 0.598. The van der Waals surface area contributed by atoms with Crippen LogP contribution >= 0.6 is 11.3 Å². The highest BCUT2D eigenvalue weighted by atomic mass is 32.1. The van der Waals surface area contributed by atoms with Crippen molar-refractivity contribution in [2.75, 3.05) is 44.7 Å². The minimum absolute atomic E-state index is 0.0703. The Morgan fingerprint density at radius 2 is 1.97 bits per heavy atom. The molecule has 7 nitrogen and oxygen atoms in total. The number of ether oxygens (including phenoxy) is 2. The van der Waals surface area contributed by atoms with Gasteiger partial charge in [-0.2, -0.15) is 0 Å². The second kappa shape index (κ2) is 8.96. The maximum Gasteiger partial charge on any atom is 0.220 e. The van der Waals surface area contributed by atoms with Crippen LogP contribution in [-0.2, 0) is 4.79 Å². The average Bonchev–Trinajstić information content (AvgIpc) is 3.48. The Balaban J connectivity index is 1.47. The van der Waals surface area contributed by atoms with Gasteiger partial charge in [0, 0.05) is 45.1 Å². The second-order valence-corrected chi connectivity index (χ2v) is 9.24. The summed E-state index contributed by atoms with van der Waals surface area (Å²) in [4.78, 5) is 18.5. The number of methoxy groups -OCH3 is 1. The summed E-state index contributed by atoms with van der Waals surface area (Å²) in [7, 11) is 1.72. The van der Waals surface area contributed by atoms with E-state index in [1.165, 1.54) is 0 Å². The first kappa shape index (κ1) is 21.0. The molecular weight excluding hydrogens is 424 g/mol. The monoisotopic (exact) mass is 452 g/mol. The van der Waals surface area contributed by atoms with Crippen molar-refractivity contribution in [2.24, 2.45) is 5.92 Å². The summed E-state index contributed by atoms with van der Waals surface area (Å²) >= 11 is 1.58. The number of piperazine rings is 1. The fraction of sp³-hybridized carbons (Fsp3) is 0.417. The fourth-order valence-electron chi connectivity index (χ4n) is 4.47. The van der Waals surface area contributed by atoms with Gasteiger partial charge in [-0.25, -0.2) is 4.98 Å². The molecule has 2 N–H and O–H groups in total. The van der Waals surface area contributed by atoms with Crippen molar-refractivity contribution in [3.63, 3.8) is 0 Å². The van der Waals surface area contributed by atoms with E-state index in [4.69, 9.17) is 9.47 Å². The molecule has 2 unspecified atom stereocenters. The first-order valence-corrected chi connectivity index (χ1v) is 11.9. The molecule has 5 rings (SSSR count).